The van der Waals surface area contributed by atoms with Gasteiger partial charge in [0.05, 0.1) is 29.7 Å². The number of hydrogen-bond donors (Lipinski definition) is 3. The summed E-state index contributed by atoms with van der Waals surface area (Å²) in [4.78, 5) is 14.5. The molecule has 20 heavy (non-hydrogen) atoms. The number of aromatic amines is 1. The Bertz CT molecular complexity index is 480. The summed E-state index contributed by atoms with van der Waals surface area (Å²) in [5.41, 5.74) is 2.49. The topological polar surface area (TPSA) is 81.2 Å². The molecule has 2 aliphatic rings. The zero-order valence-corrected chi connectivity index (χ0v) is 12.0. The first-order valence-electron chi connectivity index (χ1n) is 7.30. The van der Waals surface area contributed by atoms with Crippen molar-refractivity contribution in [1.29, 1.82) is 0 Å². The Labute approximate surface area is 118 Å². The maximum absolute atomic E-state index is 12.2. The maximum Gasteiger partial charge on any atom is 0.238 e. The Morgan fingerprint density at radius 2 is 2.05 bits per heavy atom. The second-order valence-corrected chi connectivity index (χ2v) is 6.04. The van der Waals surface area contributed by atoms with Crippen LogP contribution in [-0.2, 0) is 4.79 Å². The van der Waals surface area contributed by atoms with Crippen LogP contribution >= 0.6 is 0 Å². The SMILES string of the molecule is Cc1n[nH]c(C)c1NC(=O)CN1C2CCC1CC(O)C2. The summed E-state index contributed by atoms with van der Waals surface area (Å²) in [6.07, 6.45) is 3.60. The summed E-state index contributed by atoms with van der Waals surface area (Å²) in [5, 5.41) is 19.7. The first kappa shape index (κ1) is 13.6. The van der Waals surface area contributed by atoms with Crippen molar-refractivity contribution < 1.29 is 9.90 Å². The van der Waals surface area contributed by atoms with Gasteiger partial charge in [0.1, 0.15) is 0 Å². The van der Waals surface area contributed by atoms with E-state index in [1.54, 1.807) is 0 Å². The lowest BCUT2D eigenvalue weighted by Crippen LogP contribution is -2.47. The van der Waals surface area contributed by atoms with E-state index in [1.807, 2.05) is 13.8 Å². The van der Waals surface area contributed by atoms with Crippen LogP contribution in [0.1, 0.15) is 37.1 Å². The molecule has 3 heterocycles. The molecule has 2 fully saturated rings. The molecule has 0 radical (unpaired) electrons. The minimum atomic E-state index is -0.190. The number of aliphatic hydroxyl groups excluding tert-OH is 1. The number of aryl methyl sites for hydroxylation is 2. The zero-order valence-electron chi connectivity index (χ0n) is 12.0. The van der Waals surface area contributed by atoms with Crippen molar-refractivity contribution in [3.63, 3.8) is 0 Å². The van der Waals surface area contributed by atoms with Crippen LogP contribution in [-0.4, -0.2) is 50.8 Å². The molecule has 2 atom stereocenters. The predicted octanol–water partition coefficient (Wildman–Crippen LogP) is 0.953. The Kier molecular flexibility index (Phi) is 3.52. The summed E-state index contributed by atoms with van der Waals surface area (Å²) in [5.74, 6) is 0.00545. The number of rotatable bonds is 3. The highest BCUT2D eigenvalue weighted by molar-refractivity contribution is 5.93. The highest BCUT2D eigenvalue weighted by Crippen LogP contribution is 2.35. The fourth-order valence-corrected chi connectivity index (χ4v) is 3.58. The van der Waals surface area contributed by atoms with E-state index >= 15 is 0 Å². The fourth-order valence-electron chi connectivity index (χ4n) is 3.58. The van der Waals surface area contributed by atoms with Crippen LogP contribution in [0.3, 0.4) is 0 Å². The molecule has 1 amide bonds. The van der Waals surface area contributed by atoms with Crippen LogP contribution in [0.25, 0.3) is 0 Å². The van der Waals surface area contributed by atoms with E-state index in [1.165, 1.54) is 0 Å². The van der Waals surface area contributed by atoms with Gasteiger partial charge in [0.25, 0.3) is 0 Å². The smallest absolute Gasteiger partial charge is 0.238 e. The molecule has 2 unspecified atom stereocenters. The van der Waals surface area contributed by atoms with Gasteiger partial charge in [-0.1, -0.05) is 0 Å². The average Bonchev–Trinajstić information content (AvgIpc) is 2.82. The molecule has 110 valence electrons. The molecule has 3 rings (SSSR count). The maximum atomic E-state index is 12.2. The molecule has 2 bridgehead atoms. The fraction of sp³-hybridized carbons (Fsp3) is 0.714. The Hall–Kier alpha value is -1.40. The van der Waals surface area contributed by atoms with Crippen molar-refractivity contribution >= 4 is 11.6 Å². The van der Waals surface area contributed by atoms with Crippen molar-refractivity contribution in [3.8, 4) is 0 Å². The van der Waals surface area contributed by atoms with Gasteiger partial charge in [-0.2, -0.15) is 5.10 Å². The third-order valence-corrected chi connectivity index (χ3v) is 4.58. The molecule has 6 nitrogen and oxygen atoms in total. The zero-order chi connectivity index (χ0) is 14.3. The van der Waals surface area contributed by atoms with Gasteiger partial charge in [-0.25, -0.2) is 0 Å². The first-order chi connectivity index (χ1) is 9.54. The van der Waals surface area contributed by atoms with E-state index in [2.05, 4.69) is 20.4 Å². The van der Waals surface area contributed by atoms with Gasteiger partial charge in [-0.3, -0.25) is 14.8 Å². The van der Waals surface area contributed by atoms with E-state index in [-0.39, 0.29) is 12.0 Å². The molecule has 2 aliphatic heterocycles. The van der Waals surface area contributed by atoms with Crippen molar-refractivity contribution in [1.82, 2.24) is 15.1 Å². The Balaban J connectivity index is 1.63. The lowest BCUT2D eigenvalue weighted by molar-refractivity contribution is -0.119. The molecule has 0 aromatic carbocycles. The van der Waals surface area contributed by atoms with Crippen molar-refractivity contribution in [2.75, 3.05) is 11.9 Å². The van der Waals surface area contributed by atoms with E-state index in [9.17, 15) is 9.90 Å². The number of carbonyl (C=O) groups excluding carboxylic acids is 1. The number of H-pyrrole nitrogens is 1. The molecule has 1 aromatic heterocycles. The predicted molar refractivity (Wildman–Crippen MR) is 75.4 cm³/mol. The van der Waals surface area contributed by atoms with Crippen molar-refractivity contribution in [3.05, 3.63) is 11.4 Å². The minimum Gasteiger partial charge on any atom is -0.393 e. The second kappa shape index (κ2) is 5.18. The molecule has 0 aliphatic carbocycles. The lowest BCUT2D eigenvalue weighted by atomic mass is 10.00. The number of piperidine rings is 1. The van der Waals surface area contributed by atoms with Crippen molar-refractivity contribution in [2.45, 2.75) is 57.7 Å². The monoisotopic (exact) mass is 278 g/mol. The number of fused-ring (bicyclic) bond motifs is 2. The molecule has 2 saturated heterocycles. The van der Waals surface area contributed by atoms with Gasteiger partial charge < -0.3 is 10.4 Å². The number of aromatic nitrogens is 2. The Morgan fingerprint density at radius 1 is 1.40 bits per heavy atom. The molecule has 0 spiro atoms. The molecule has 1 aromatic rings. The molecule has 0 saturated carbocycles. The van der Waals surface area contributed by atoms with Crippen LogP contribution in [0.4, 0.5) is 5.69 Å². The van der Waals surface area contributed by atoms with E-state index < -0.39 is 0 Å². The van der Waals surface area contributed by atoms with E-state index in [0.29, 0.717) is 18.6 Å². The van der Waals surface area contributed by atoms with Crippen LogP contribution in [0.2, 0.25) is 0 Å². The van der Waals surface area contributed by atoms with E-state index in [4.69, 9.17) is 0 Å². The Morgan fingerprint density at radius 3 is 2.60 bits per heavy atom. The van der Waals surface area contributed by atoms with Gasteiger partial charge >= 0.3 is 0 Å². The number of anilines is 1. The summed E-state index contributed by atoms with van der Waals surface area (Å²) in [7, 11) is 0. The van der Waals surface area contributed by atoms with Gasteiger partial charge in [-0.15, -0.1) is 0 Å². The van der Waals surface area contributed by atoms with Gasteiger partial charge in [0.15, 0.2) is 0 Å². The standard InChI is InChI=1S/C14H22N4O2/c1-8-14(9(2)17-16-8)15-13(20)7-18-10-3-4-11(18)6-12(19)5-10/h10-12,19H,3-7H2,1-2H3,(H,15,20)(H,16,17). The highest BCUT2D eigenvalue weighted by Gasteiger charge is 2.40. The van der Waals surface area contributed by atoms with Crippen molar-refractivity contribution in [2.24, 2.45) is 0 Å². The number of hydrogen-bond acceptors (Lipinski definition) is 4. The molecule has 6 heteroatoms. The highest BCUT2D eigenvalue weighted by atomic mass is 16.3. The molecular weight excluding hydrogens is 256 g/mol. The second-order valence-electron chi connectivity index (χ2n) is 6.04. The number of nitrogens with one attached hydrogen (secondary N) is 2. The van der Waals surface area contributed by atoms with E-state index in [0.717, 1.165) is 42.8 Å². The largest absolute Gasteiger partial charge is 0.393 e. The lowest BCUT2D eigenvalue weighted by Gasteiger charge is -2.36. The van der Waals surface area contributed by atoms with Crippen LogP contribution in [0, 0.1) is 13.8 Å². The number of aliphatic hydroxyl groups is 1. The average molecular weight is 278 g/mol. The van der Waals surface area contributed by atoms with Gasteiger partial charge in [-0.05, 0) is 39.5 Å². The summed E-state index contributed by atoms with van der Waals surface area (Å²) < 4.78 is 0. The molecule has 3 N–H and O–H groups in total. The molecular formula is C14H22N4O2. The summed E-state index contributed by atoms with van der Waals surface area (Å²) in [6.45, 7) is 4.18. The number of carbonyl (C=O) groups is 1. The number of nitrogens with zero attached hydrogens (tertiary/aromatic N) is 2. The summed E-state index contributed by atoms with van der Waals surface area (Å²) >= 11 is 0. The quantitative estimate of drug-likeness (QED) is 0.769. The van der Waals surface area contributed by atoms with Crippen LogP contribution < -0.4 is 5.32 Å². The third kappa shape index (κ3) is 2.45. The number of amides is 1. The third-order valence-electron chi connectivity index (χ3n) is 4.58. The first-order valence-corrected chi connectivity index (χ1v) is 7.30. The normalized spacial score (nSPS) is 29.6. The van der Waals surface area contributed by atoms with Crippen LogP contribution in [0.5, 0.6) is 0 Å². The van der Waals surface area contributed by atoms with Gasteiger partial charge in [0, 0.05) is 12.1 Å². The summed E-state index contributed by atoms with van der Waals surface area (Å²) in [6, 6.07) is 0.724. The van der Waals surface area contributed by atoms with Gasteiger partial charge in [0.2, 0.25) is 5.91 Å². The van der Waals surface area contributed by atoms with Crippen LogP contribution in [0.15, 0.2) is 0 Å². The minimum absolute atomic E-state index is 0.00545.